The fraction of sp³-hybridized carbons (Fsp3) is 0.250. The zero-order chi connectivity index (χ0) is 20.3. The maximum atomic E-state index is 12.4. The van der Waals surface area contributed by atoms with E-state index >= 15 is 0 Å². The number of nitrogens with zero attached hydrogens (tertiary/aromatic N) is 2. The number of hydrogen-bond acceptors (Lipinski definition) is 5. The molecule has 0 aliphatic rings. The Morgan fingerprint density at radius 1 is 1.18 bits per heavy atom. The zero-order valence-corrected chi connectivity index (χ0v) is 18.1. The fourth-order valence-electron chi connectivity index (χ4n) is 2.40. The van der Waals surface area contributed by atoms with Crippen molar-refractivity contribution in [2.24, 2.45) is 0 Å². The second-order valence-corrected chi connectivity index (χ2v) is 9.10. The fourth-order valence-corrected chi connectivity index (χ4v) is 4.31. The molecule has 0 atom stereocenters. The van der Waals surface area contributed by atoms with Gasteiger partial charge in [0.15, 0.2) is 0 Å². The Bertz CT molecular complexity index is 980. The molecule has 0 aliphatic carbocycles. The molecule has 146 valence electrons. The van der Waals surface area contributed by atoms with Crippen LogP contribution in [0.2, 0.25) is 4.34 Å². The van der Waals surface area contributed by atoms with Crippen LogP contribution >= 0.6 is 34.3 Å². The molecule has 3 aromatic rings. The first-order chi connectivity index (χ1) is 13.3. The Morgan fingerprint density at radius 2 is 1.89 bits per heavy atom. The average molecular weight is 434 g/mol. The number of nitrogens with one attached hydrogen (secondary N) is 1. The smallest absolute Gasteiger partial charge is 0.271 e. The summed E-state index contributed by atoms with van der Waals surface area (Å²) in [6.07, 6.45) is 0. The second-order valence-electron chi connectivity index (χ2n) is 6.53. The third kappa shape index (κ3) is 4.79. The van der Waals surface area contributed by atoms with E-state index in [0.29, 0.717) is 22.1 Å². The second kappa shape index (κ2) is 8.86. The number of thiophene rings is 1. The van der Waals surface area contributed by atoms with Crippen LogP contribution in [0.15, 0.2) is 41.8 Å². The zero-order valence-electron chi connectivity index (χ0n) is 15.7. The van der Waals surface area contributed by atoms with Crippen molar-refractivity contribution in [2.45, 2.75) is 26.4 Å². The van der Waals surface area contributed by atoms with Crippen molar-refractivity contribution in [3.05, 3.63) is 62.9 Å². The van der Waals surface area contributed by atoms with E-state index in [1.54, 1.807) is 29.5 Å². The first-order valence-electron chi connectivity index (χ1n) is 8.70. The third-order valence-corrected chi connectivity index (χ3v) is 6.51. The molecule has 0 unspecified atom stereocenters. The molecule has 0 saturated heterocycles. The predicted octanol–water partition coefficient (Wildman–Crippen LogP) is 4.94. The van der Waals surface area contributed by atoms with Gasteiger partial charge in [0.05, 0.1) is 9.21 Å². The molecule has 0 spiro atoms. The molecule has 2 aromatic heterocycles. The molecule has 1 N–H and O–H groups in total. The lowest BCUT2D eigenvalue weighted by atomic mass is 10.1. The summed E-state index contributed by atoms with van der Waals surface area (Å²) in [5.41, 5.74) is 1.93. The van der Waals surface area contributed by atoms with E-state index in [1.807, 2.05) is 38.1 Å². The lowest BCUT2D eigenvalue weighted by molar-refractivity contribution is 0.0754. The van der Waals surface area contributed by atoms with Crippen LogP contribution in [0.25, 0.3) is 9.88 Å². The highest BCUT2D eigenvalue weighted by atomic mass is 35.5. The van der Waals surface area contributed by atoms with E-state index in [2.05, 4.69) is 10.3 Å². The predicted molar refractivity (Wildman–Crippen MR) is 115 cm³/mol. The van der Waals surface area contributed by atoms with Crippen LogP contribution in [0.1, 0.15) is 40.3 Å². The SMILES string of the molecule is CC(C)N(C)C(=O)c1ccc(CNC(=O)c2csc(-c3ccc(Cl)s3)n2)cc1. The van der Waals surface area contributed by atoms with Gasteiger partial charge in [0.2, 0.25) is 0 Å². The number of carbonyl (C=O) groups is 2. The highest BCUT2D eigenvalue weighted by molar-refractivity contribution is 7.23. The van der Waals surface area contributed by atoms with E-state index in [4.69, 9.17) is 11.6 Å². The van der Waals surface area contributed by atoms with Crippen LogP contribution in [-0.4, -0.2) is 34.8 Å². The molecule has 3 rings (SSSR count). The normalized spacial score (nSPS) is 10.9. The molecule has 28 heavy (non-hydrogen) atoms. The van der Waals surface area contributed by atoms with Crippen molar-refractivity contribution in [1.82, 2.24) is 15.2 Å². The summed E-state index contributed by atoms with van der Waals surface area (Å²) in [4.78, 5) is 31.7. The summed E-state index contributed by atoms with van der Waals surface area (Å²) in [6.45, 7) is 4.31. The number of thiazole rings is 1. The van der Waals surface area contributed by atoms with Crippen LogP contribution < -0.4 is 5.32 Å². The van der Waals surface area contributed by atoms with E-state index in [0.717, 1.165) is 15.4 Å². The van der Waals surface area contributed by atoms with Crippen LogP contribution in [0, 0.1) is 0 Å². The first kappa shape index (κ1) is 20.5. The van der Waals surface area contributed by atoms with Gasteiger partial charge < -0.3 is 10.2 Å². The van der Waals surface area contributed by atoms with Gasteiger partial charge in [-0.1, -0.05) is 23.7 Å². The summed E-state index contributed by atoms with van der Waals surface area (Å²) < 4.78 is 0.692. The monoisotopic (exact) mass is 433 g/mol. The van der Waals surface area contributed by atoms with Crippen LogP contribution in [0.3, 0.4) is 0 Å². The number of carbonyl (C=O) groups excluding carboxylic acids is 2. The van der Waals surface area contributed by atoms with Gasteiger partial charge >= 0.3 is 0 Å². The van der Waals surface area contributed by atoms with E-state index < -0.39 is 0 Å². The number of rotatable bonds is 6. The van der Waals surface area contributed by atoms with Gasteiger partial charge in [0, 0.05) is 30.6 Å². The van der Waals surface area contributed by atoms with Gasteiger partial charge in [-0.3, -0.25) is 9.59 Å². The molecule has 0 bridgehead atoms. The summed E-state index contributed by atoms with van der Waals surface area (Å²) in [5, 5.41) is 5.38. The topological polar surface area (TPSA) is 62.3 Å². The molecule has 8 heteroatoms. The Kier molecular flexibility index (Phi) is 6.49. The minimum absolute atomic E-state index is 0.0192. The number of aromatic nitrogens is 1. The van der Waals surface area contributed by atoms with Crippen molar-refractivity contribution in [3.8, 4) is 9.88 Å². The molecule has 1 aromatic carbocycles. The van der Waals surface area contributed by atoms with Crippen LogP contribution in [-0.2, 0) is 6.54 Å². The number of amides is 2. The Hall–Kier alpha value is -2.22. The largest absolute Gasteiger partial charge is 0.347 e. The summed E-state index contributed by atoms with van der Waals surface area (Å²) in [6, 6.07) is 11.1. The molecule has 0 saturated carbocycles. The molecular weight excluding hydrogens is 414 g/mol. The lowest BCUT2D eigenvalue weighted by Gasteiger charge is -2.21. The van der Waals surface area contributed by atoms with E-state index in [-0.39, 0.29) is 17.9 Å². The lowest BCUT2D eigenvalue weighted by Crippen LogP contribution is -2.32. The van der Waals surface area contributed by atoms with Crippen molar-refractivity contribution < 1.29 is 9.59 Å². The maximum Gasteiger partial charge on any atom is 0.271 e. The van der Waals surface area contributed by atoms with E-state index in [1.165, 1.54) is 22.7 Å². The van der Waals surface area contributed by atoms with Gasteiger partial charge in [-0.25, -0.2) is 4.98 Å². The highest BCUT2D eigenvalue weighted by Crippen LogP contribution is 2.32. The number of halogens is 1. The molecular formula is C20H20ClN3O2S2. The van der Waals surface area contributed by atoms with Crippen molar-refractivity contribution in [2.75, 3.05) is 7.05 Å². The molecule has 2 amide bonds. The van der Waals surface area contributed by atoms with Gasteiger partial charge in [-0.15, -0.1) is 22.7 Å². The maximum absolute atomic E-state index is 12.4. The third-order valence-electron chi connectivity index (χ3n) is 4.27. The minimum Gasteiger partial charge on any atom is -0.347 e. The minimum atomic E-state index is -0.232. The molecule has 0 fully saturated rings. The molecule has 2 heterocycles. The van der Waals surface area contributed by atoms with Gasteiger partial charge in [-0.05, 0) is 43.7 Å². The standard InChI is InChI=1S/C20H20ClN3O2S2/c1-12(2)24(3)20(26)14-6-4-13(5-7-14)10-22-18(25)15-11-27-19(23-15)16-8-9-17(21)28-16/h4-9,11-12H,10H2,1-3H3,(H,22,25). The number of benzene rings is 1. The molecule has 5 nitrogen and oxygen atoms in total. The first-order valence-corrected chi connectivity index (χ1v) is 10.8. The quantitative estimate of drug-likeness (QED) is 0.599. The molecule has 0 radical (unpaired) electrons. The van der Waals surface area contributed by atoms with Crippen molar-refractivity contribution in [1.29, 1.82) is 0 Å². The number of hydrogen-bond donors (Lipinski definition) is 1. The summed E-state index contributed by atoms with van der Waals surface area (Å²) in [7, 11) is 1.79. The van der Waals surface area contributed by atoms with Gasteiger partial charge in [0.25, 0.3) is 11.8 Å². The highest BCUT2D eigenvalue weighted by Gasteiger charge is 2.15. The van der Waals surface area contributed by atoms with Gasteiger partial charge in [-0.2, -0.15) is 0 Å². The van der Waals surface area contributed by atoms with Crippen molar-refractivity contribution >= 4 is 46.1 Å². The Morgan fingerprint density at radius 3 is 2.50 bits per heavy atom. The summed E-state index contributed by atoms with van der Waals surface area (Å²) >= 11 is 8.80. The van der Waals surface area contributed by atoms with Crippen molar-refractivity contribution in [3.63, 3.8) is 0 Å². The Balaban J connectivity index is 1.59. The van der Waals surface area contributed by atoms with Gasteiger partial charge in [0.1, 0.15) is 10.7 Å². The van der Waals surface area contributed by atoms with Crippen LogP contribution in [0.4, 0.5) is 0 Å². The van der Waals surface area contributed by atoms with Crippen LogP contribution in [0.5, 0.6) is 0 Å². The van der Waals surface area contributed by atoms with E-state index in [9.17, 15) is 9.59 Å². The Labute approximate surface area is 177 Å². The molecule has 0 aliphatic heterocycles. The summed E-state index contributed by atoms with van der Waals surface area (Å²) in [5.74, 6) is -0.251. The average Bonchev–Trinajstić information content (AvgIpc) is 3.34.